The van der Waals surface area contributed by atoms with Gasteiger partial charge in [0.15, 0.2) is 0 Å². The van der Waals surface area contributed by atoms with Gasteiger partial charge in [0.05, 0.1) is 13.4 Å². The minimum atomic E-state index is 0.162. The molecule has 1 unspecified atom stereocenters. The predicted molar refractivity (Wildman–Crippen MR) is 99.6 cm³/mol. The molecule has 0 amide bonds. The third-order valence-electron chi connectivity index (χ3n) is 3.21. The summed E-state index contributed by atoms with van der Waals surface area (Å²) in [6.07, 6.45) is 0.904. The third-order valence-corrected chi connectivity index (χ3v) is 5.52. The predicted octanol–water partition coefficient (Wildman–Crippen LogP) is 6.30. The second-order valence-corrected chi connectivity index (χ2v) is 7.93. The minimum Gasteiger partial charge on any atom is -0.507 e. The van der Waals surface area contributed by atoms with Crippen molar-refractivity contribution in [2.45, 2.75) is 12.3 Å². The molecule has 21 heavy (non-hydrogen) atoms. The normalized spacial score (nSPS) is 12.4. The SMILES string of the molecule is Oc1ccc(C(CCBr)c2cc(Br)c(O)c(Br)c2)cc1Br. The second-order valence-electron chi connectivity index (χ2n) is 4.57. The average Bonchev–Trinajstić information content (AvgIpc) is 2.45. The highest BCUT2D eigenvalue weighted by Gasteiger charge is 2.18. The first-order valence-electron chi connectivity index (χ1n) is 6.16. The molecule has 1 atom stereocenters. The molecule has 6 heteroatoms. The second kappa shape index (κ2) is 7.49. The number of alkyl halides is 1. The highest BCUT2D eigenvalue weighted by Crippen LogP contribution is 2.39. The van der Waals surface area contributed by atoms with Crippen molar-refractivity contribution < 1.29 is 10.2 Å². The van der Waals surface area contributed by atoms with Crippen LogP contribution in [0.1, 0.15) is 23.5 Å². The van der Waals surface area contributed by atoms with Crippen molar-refractivity contribution in [3.8, 4) is 11.5 Å². The minimum absolute atomic E-state index is 0.162. The lowest BCUT2D eigenvalue weighted by Crippen LogP contribution is -2.02. The zero-order valence-corrected chi connectivity index (χ0v) is 17.1. The zero-order chi connectivity index (χ0) is 15.6. The number of hydrogen-bond acceptors (Lipinski definition) is 2. The Hall–Kier alpha value is -0.0400. The van der Waals surface area contributed by atoms with Gasteiger partial charge in [-0.3, -0.25) is 0 Å². The van der Waals surface area contributed by atoms with Gasteiger partial charge in [-0.15, -0.1) is 0 Å². The fourth-order valence-electron chi connectivity index (χ4n) is 2.16. The summed E-state index contributed by atoms with van der Waals surface area (Å²) in [4.78, 5) is 0. The molecule has 112 valence electrons. The van der Waals surface area contributed by atoms with E-state index in [0.29, 0.717) is 13.4 Å². The van der Waals surface area contributed by atoms with E-state index in [2.05, 4.69) is 63.7 Å². The summed E-state index contributed by atoms with van der Waals surface area (Å²) in [5.41, 5.74) is 2.19. The molecule has 0 fully saturated rings. The van der Waals surface area contributed by atoms with Gasteiger partial charge < -0.3 is 10.2 Å². The Kier molecular flexibility index (Phi) is 6.17. The molecule has 2 rings (SSSR count). The molecule has 0 aromatic heterocycles. The lowest BCUT2D eigenvalue weighted by atomic mass is 9.89. The van der Waals surface area contributed by atoms with Gasteiger partial charge in [-0.1, -0.05) is 22.0 Å². The molecule has 0 saturated carbocycles. The third kappa shape index (κ3) is 4.03. The van der Waals surface area contributed by atoms with E-state index in [4.69, 9.17) is 0 Å². The molecule has 0 saturated heterocycles. The Morgan fingerprint density at radius 2 is 1.43 bits per heavy atom. The fourth-order valence-corrected chi connectivity index (χ4v) is 4.24. The maximum Gasteiger partial charge on any atom is 0.143 e. The van der Waals surface area contributed by atoms with Gasteiger partial charge in [0.1, 0.15) is 11.5 Å². The number of aromatic hydroxyl groups is 2. The van der Waals surface area contributed by atoms with Gasteiger partial charge in [0, 0.05) is 11.2 Å². The summed E-state index contributed by atoms with van der Waals surface area (Å²) < 4.78 is 1.99. The van der Waals surface area contributed by atoms with Crippen LogP contribution < -0.4 is 0 Å². The number of halogens is 4. The molecule has 0 radical (unpaired) electrons. The maximum absolute atomic E-state index is 9.85. The molecular weight excluding hydrogens is 532 g/mol. The number of rotatable bonds is 4. The molecule has 0 aliphatic rings. The topological polar surface area (TPSA) is 40.5 Å². The zero-order valence-electron chi connectivity index (χ0n) is 10.8. The van der Waals surface area contributed by atoms with Crippen molar-refractivity contribution in [1.29, 1.82) is 0 Å². The smallest absolute Gasteiger partial charge is 0.143 e. The van der Waals surface area contributed by atoms with Crippen molar-refractivity contribution in [2.75, 3.05) is 5.33 Å². The number of benzene rings is 2. The van der Waals surface area contributed by atoms with Crippen LogP contribution in [0.4, 0.5) is 0 Å². The molecule has 0 spiro atoms. The summed E-state index contributed by atoms with van der Waals surface area (Å²) in [7, 11) is 0. The summed E-state index contributed by atoms with van der Waals surface area (Å²) in [5, 5.41) is 20.3. The van der Waals surface area contributed by atoms with Gasteiger partial charge in [0.25, 0.3) is 0 Å². The molecule has 0 aliphatic heterocycles. The molecule has 0 heterocycles. The van der Waals surface area contributed by atoms with E-state index in [0.717, 1.165) is 22.9 Å². The number of phenolic OH excluding ortho intramolecular Hbond substituents is 2. The maximum atomic E-state index is 9.85. The van der Waals surface area contributed by atoms with Crippen LogP contribution in [-0.2, 0) is 0 Å². The highest BCUT2D eigenvalue weighted by molar-refractivity contribution is 9.11. The van der Waals surface area contributed by atoms with E-state index in [-0.39, 0.29) is 17.4 Å². The van der Waals surface area contributed by atoms with Gasteiger partial charge in [-0.25, -0.2) is 0 Å². The van der Waals surface area contributed by atoms with E-state index < -0.39 is 0 Å². The Bertz CT molecular complexity index is 635. The van der Waals surface area contributed by atoms with E-state index in [1.54, 1.807) is 6.07 Å². The van der Waals surface area contributed by atoms with E-state index in [1.807, 2.05) is 24.3 Å². The van der Waals surface area contributed by atoms with E-state index in [9.17, 15) is 10.2 Å². The average molecular weight is 544 g/mol. The van der Waals surface area contributed by atoms with Crippen molar-refractivity contribution in [1.82, 2.24) is 0 Å². The molecule has 2 nitrogen and oxygen atoms in total. The quantitative estimate of drug-likeness (QED) is 0.444. The van der Waals surface area contributed by atoms with Crippen molar-refractivity contribution in [3.05, 3.63) is 54.9 Å². The van der Waals surface area contributed by atoms with Crippen LogP contribution in [0, 0.1) is 0 Å². The molecule has 2 aromatic rings. The number of hydrogen-bond donors (Lipinski definition) is 2. The molecule has 2 aromatic carbocycles. The van der Waals surface area contributed by atoms with Crippen LogP contribution >= 0.6 is 63.7 Å². The van der Waals surface area contributed by atoms with Crippen LogP contribution in [0.25, 0.3) is 0 Å². The van der Waals surface area contributed by atoms with Crippen LogP contribution in [0.2, 0.25) is 0 Å². The van der Waals surface area contributed by atoms with Crippen molar-refractivity contribution >= 4 is 63.7 Å². The Balaban J connectivity index is 2.50. The van der Waals surface area contributed by atoms with Crippen LogP contribution in [-0.4, -0.2) is 15.5 Å². The van der Waals surface area contributed by atoms with Crippen LogP contribution in [0.15, 0.2) is 43.7 Å². The first kappa shape index (κ1) is 17.3. The van der Waals surface area contributed by atoms with Gasteiger partial charge in [-0.05, 0) is 89.6 Å². The van der Waals surface area contributed by atoms with Gasteiger partial charge in [-0.2, -0.15) is 0 Å². The number of phenols is 2. The largest absolute Gasteiger partial charge is 0.507 e. The Morgan fingerprint density at radius 1 is 0.857 bits per heavy atom. The van der Waals surface area contributed by atoms with E-state index in [1.165, 1.54) is 0 Å². The molecular formula is C15H12Br4O2. The standard InChI is InChI=1S/C15H12Br4O2/c16-4-3-10(8-1-2-14(20)11(17)5-8)9-6-12(18)15(21)13(19)7-9/h1-2,5-7,10,20-21H,3-4H2. The monoisotopic (exact) mass is 540 g/mol. The van der Waals surface area contributed by atoms with Crippen molar-refractivity contribution in [2.24, 2.45) is 0 Å². The van der Waals surface area contributed by atoms with Crippen LogP contribution in [0.5, 0.6) is 11.5 Å². The first-order valence-corrected chi connectivity index (χ1v) is 9.66. The first-order chi connectivity index (χ1) is 9.93. The highest BCUT2D eigenvalue weighted by atomic mass is 79.9. The molecule has 0 bridgehead atoms. The lowest BCUT2D eigenvalue weighted by Gasteiger charge is -2.19. The Labute approximate surface area is 157 Å². The van der Waals surface area contributed by atoms with Crippen molar-refractivity contribution in [3.63, 3.8) is 0 Å². The van der Waals surface area contributed by atoms with Crippen LogP contribution in [0.3, 0.4) is 0 Å². The summed E-state index contributed by atoms with van der Waals surface area (Å²) >= 11 is 13.6. The van der Waals surface area contributed by atoms with Gasteiger partial charge >= 0.3 is 0 Å². The summed E-state index contributed by atoms with van der Waals surface area (Å²) in [6.45, 7) is 0. The van der Waals surface area contributed by atoms with E-state index >= 15 is 0 Å². The van der Waals surface area contributed by atoms with Gasteiger partial charge in [0.2, 0.25) is 0 Å². The molecule has 2 N–H and O–H groups in total. The Morgan fingerprint density at radius 3 is 1.95 bits per heavy atom. The summed E-state index contributed by atoms with van der Waals surface area (Å²) in [5.74, 6) is 0.585. The lowest BCUT2D eigenvalue weighted by molar-refractivity contribution is 0.468. The molecule has 0 aliphatic carbocycles. The summed E-state index contributed by atoms with van der Waals surface area (Å²) in [6, 6.07) is 9.38. The fraction of sp³-hybridized carbons (Fsp3) is 0.200.